The molecule has 0 bridgehead atoms. The molecule has 0 aromatic rings. The van der Waals surface area contributed by atoms with Gasteiger partial charge in [0, 0.05) is 13.2 Å². The Morgan fingerprint density at radius 1 is 1.33 bits per heavy atom. The number of hydrogen-bond acceptors (Lipinski definition) is 4. The molecule has 3 atom stereocenters. The van der Waals surface area contributed by atoms with Crippen molar-refractivity contribution in [3.05, 3.63) is 0 Å². The standard InChI is InChI=1S/C11H21NO3/c1-8(11(13)15-3)12-9-6-4-5-7-10(9)14-2/h8-10,12H,4-7H2,1-3H3. The number of carbonyl (C=O) groups excluding carboxylic acids is 1. The second-order valence-electron chi connectivity index (χ2n) is 4.08. The van der Waals surface area contributed by atoms with Crippen LogP contribution in [-0.4, -0.2) is 38.4 Å². The average molecular weight is 215 g/mol. The van der Waals surface area contributed by atoms with Gasteiger partial charge in [0.25, 0.3) is 0 Å². The van der Waals surface area contributed by atoms with Gasteiger partial charge in [0.15, 0.2) is 0 Å². The molecular formula is C11H21NO3. The molecule has 0 aromatic carbocycles. The van der Waals surface area contributed by atoms with Crippen LogP contribution in [0, 0.1) is 0 Å². The Labute approximate surface area is 91.3 Å². The molecule has 4 heteroatoms. The minimum absolute atomic E-state index is 0.213. The molecule has 15 heavy (non-hydrogen) atoms. The van der Waals surface area contributed by atoms with Gasteiger partial charge >= 0.3 is 5.97 Å². The van der Waals surface area contributed by atoms with E-state index < -0.39 is 0 Å². The predicted molar refractivity (Wildman–Crippen MR) is 57.7 cm³/mol. The van der Waals surface area contributed by atoms with Crippen LogP contribution in [0.5, 0.6) is 0 Å². The van der Waals surface area contributed by atoms with Crippen LogP contribution in [0.15, 0.2) is 0 Å². The van der Waals surface area contributed by atoms with Crippen molar-refractivity contribution in [1.82, 2.24) is 5.32 Å². The van der Waals surface area contributed by atoms with E-state index in [-0.39, 0.29) is 24.2 Å². The molecule has 4 nitrogen and oxygen atoms in total. The average Bonchev–Trinajstić information content (AvgIpc) is 2.28. The highest BCUT2D eigenvalue weighted by atomic mass is 16.5. The fourth-order valence-electron chi connectivity index (χ4n) is 2.14. The molecule has 1 saturated carbocycles. The lowest BCUT2D eigenvalue weighted by molar-refractivity contribution is -0.143. The highest BCUT2D eigenvalue weighted by Crippen LogP contribution is 2.21. The third-order valence-corrected chi connectivity index (χ3v) is 3.02. The normalized spacial score (nSPS) is 28.5. The summed E-state index contributed by atoms with van der Waals surface area (Å²) in [6, 6.07) is 0.0219. The van der Waals surface area contributed by atoms with Crippen LogP contribution < -0.4 is 5.32 Å². The number of methoxy groups -OCH3 is 2. The number of nitrogens with one attached hydrogen (secondary N) is 1. The van der Waals surface area contributed by atoms with Gasteiger partial charge in [-0.05, 0) is 19.8 Å². The highest BCUT2D eigenvalue weighted by Gasteiger charge is 2.27. The van der Waals surface area contributed by atoms with Crippen LogP contribution >= 0.6 is 0 Å². The number of carbonyl (C=O) groups is 1. The van der Waals surface area contributed by atoms with Crippen LogP contribution in [0.2, 0.25) is 0 Å². The summed E-state index contributed by atoms with van der Waals surface area (Å²) in [7, 11) is 3.14. The topological polar surface area (TPSA) is 47.6 Å². The Morgan fingerprint density at radius 2 is 2.00 bits per heavy atom. The van der Waals surface area contributed by atoms with Crippen molar-refractivity contribution in [2.45, 2.75) is 50.8 Å². The van der Waals surface area contributed by atoms with Crippen LogP contribution in [0.3, 0.4) is 0 Å². The van der Waals surface area contributed by atoms with E-state index in [4.69, 9.17) is 4.74 Å². The van der Waals surface area contributed by atoms with Gasteiger partial charge in [-0.25, -0.2) is 0 Å². The van der Waals surface area contributed by atoms with Crippen molar-refractivity contribution >= 4 is 5.97 Å². The number of hydrogen-bond donors (Lipinski definition) is 1. The molecule has 0 aliphatic heterocycles. The second kappa shape index (κ2) is 6.08. The maximum absolute atomic E-state index is 11.3. The van der Waals surface area contributed by atoms with Gasteiger partial charge in [0.1, 0.15) is 6.04 Å². The summed E-state index contributed by atoms with van der Waals surface area (Å²) in [5.41, 5.74) is 0. The summed E-state index contributed by atoms with van der Waals surface area (Å²) >= 11 is 0. The first-order valence-electron chi connectivity index (χ1n) is 5.55. The molecule has 1 fully saturated rings. The minimum atomic E-state index is -0.254. The van der Waals surface area contributed by atoms with Gasteiger partial charge in [0.2, 0.25) is 0 Å². The molecule has 0 radical (unpaired) electrons. The molecular weight excluding hydrogens is 194 g/mol. The minimum Gasteiger partial charge on any atom is -0.468 e. The lowest BCUT2D eigenvalue weighted by Crippen LogP contribution is -2.49. The summed E-state index contributed by atoms with van der Waals surface area (Å²) in [5.74, 6) is -0.213. The molecule has 0 amide bonds. The van der Waals surface area contributed by atoms with Crippen molar-refractivity contribution in [1.29, 1.82) is 0 Å². The SMILES string of the molecule is COC(=O)C(C)NC1CCCCC1OC. The quantitative estimate of drug-likeness (QED) is 0.713. The lowest BCUT2D eigenvalue weighted by Gasteiger charge is -2.32. The molecule has 0 spiro atoms. The van der Waals surface area contributed by atoms with E-state index >= 15 is 0 Å². The molecule has 1 aliphatic rings. The maximum Gasteiger partial charge on any atom is 0.322 e. The van der Waals surface area contributed by atoms with Crippen molar-refractivity contribution in [3.63, 3.8) is 0 Å². The van der Waals surface area contributed by atoms with E-state index in [2.05, 4.69) is 10.1 Å². The summed E-state index contributed by atoms with van der Waals surface area (Å²) in [6.07, 6.45) is 4.78. The zero-order chi connectivity index (χ0) is 11.3. The van der Waals surface area contributed by atoms with Crippen LogP contribution in [0.4, 0.5) is 0 Å². The first kappa shape index (κ1) is 12.5. The summed E-state index contributed by atoms with van der Waals surface area (Å²) in [5, 5.41) is 3.27. The zero-order valence-corrected chi connectivity index (χ0v) is 9.79. The van der Waals surface area contributed by atoms with Crippen molar-refractivity contribution in [3.8, 4) is 0 Å². The molecule has 88 valence electrons. The monoisotopic (exact) mass is 215 g/mol. The number of ether oxygens (including phenoxy) is 2. The van der Waals surface area contributed by atoms with Crippen LogP contribution in [-0.2, 0) is 14.3 Å². The van der Waals surface area contributed by atoms with Gasteiger partial charge in [-0.2, -0.15) is 0 Å². The van der Waals surface area contributed by atoms with E-state index in [0.29, 0.717) is 0 Å². The van der Waals surface area contributed by atoms with E-state index in [0.717, 1.165) is 12.8 Å². The first-order valence-corrected chi connectivity index (χ1v) is 5.55. The number of esters is 1. The summed E-state index contributed by atoms with van der Waals surface area (Å²) < 4.78 is 10.1. The van der Waals surface area contributed by atoms with Gasteiger partial charge in [-0.3, -0.25) is 10.1 Å². The van der Waals surface area contributed by atoms with Gasteiger partial charge in [-0.1, -0.05) is 12.8 Å². The molecule has 0 saturated heterocycles. The predicted octanol–water partition coefficient (Wildman–Crippen LogP) is 1.10. The third-order valence-electron chi connectivity index (χ3n) is 3.02. The fraction of sp³-hybridized carbons (Fsp3) is 0.909. The molecule has 1 aliphatic carbocycles. The molecule has 1 rings (SSSR count). The van der Waals surface area contributed by atoms with Crippen LogP contribution in [0.25, 0.3) is 0 Å². The number of rotatable bonds is 4. The third kappa shape index (κ3) is 3.47. The van der Waals surface area contributed by atoms with E-state index in [1.807, 2.05) is 6.92 Å². The summed E-state index contributed by atoms with van der Waals surface area (Å²) in [4.78, 5) is 11.3. The molecule has 0 heterocycles. The van der Waals surface area contributed by atoms with Crippen LogP contribution in [0.1, 0.15) is 32.6 Å². The van der Waals surface area contributed by atoms with Crippen molar-refractivity contribution in [2.75, 3.05) is 14.2 Å². The molecule has 0 aromatic heterocycles. The largest absolute Gasteiger partial charge is 0.468 e. The molecule has 1 N–H and O–H groups in total. The first-order chi connectivity index (χ1) is 7.19. The maximum atomic E-state index is 11.3. The highest BCUT2D eigenvalue weighted by molar-refractivity contribution is 5.75. The summed E-state index contributed by atoms with van der Waals surface area (Å²) in [6.45, 7) is 1.83. The Kier molecular flexibility index (Phi) is 5.05. The Balaban J connectivity index is 2.43. The van der Waals surface area contributed by atoms with Gasteiger partial charge in [0.05, 0.1) is 13.2 Å². The van der Waals surface area contributed by atoms with E-state index in [9.17, 15) is 4.79 Å². The van der Waals surface area contributed by atoms with E-state index in [1.165, 1.54) is 20.0 Å². The Bertz CT molecular complexity index is 208. The van der Waals surface area contributed by atoms with Gasteiger partial charge in [-0.15, -0.1) is 0 Å². The van der Waals surface area contributed by atoms with Crippen molar-refractivity contribution in [2.24, 2.45) is 0 Å². The van der Waals surface area contributed by atoms with E-state index in [1.54, 1.807) is 7.11 Å². The molecule has 3 unspecified atom stereocenters. The second-order valence-corrected chi connectivity index (χ2v) is 4.08. The smallest absolute Gasteiger partial charge is 0.322 e. The Hall–Kier alpha value is -0.610. The fourth-order valence-corrected chi connectivity index (χ4v) is 2.14. The van der Waals surface area contributed by atoms with Crippen molar-refractivity contribution < 1.29 is 14.3 Å². The zero-order valence-electron chi connectivity index (χ0n) is 9.79. The Morgan fingerprint density at radius 3 is 2.60 bits per heavy atom. The van der Waals surface area contributed by atoms with Gasteiger partial charge < -0.3 is 9.47 Å². The lowest BCUT2D eigenvalue weighted by atomic mass is 9.92.